The van der Waals surface area contributed by atoms with Crippen molar-refractivity contribution in [2.24, 2.45) is 0 Å². The van der Waals surface area contributed by atoms with E-state index in [0.29, 0.717) is 5.92 Å². The predicted octanol–water partition coefficient (Wildman–Crippen LogP) is 3.84. The number of fused-ring (bicyclic) bond motifs is 1. The second-order valence-corrected chi connectivity index (χ2v) is 5.08. The summed E-state index contributed by atoms with van der Waals surface area (Å²) in [7, 11) is 0. The second kappa shape index (κ2) is 4.65. The van der Waals surface area contributed by atoms with Crippen LogP contribution in [0.15, 0.2) is 34.9 Å². The summed E-state index contributed by atoms with van der Waals surface area (Å²) < 4.78 is 5.38. The van der Waals surface area contributed by atoms with Gasteiger partial charge in [0.05, 0.1) is 5.69 Å². The molecule has 0 radical (unpaired) electrons. The third-order valence-electron chi connectivity index (χ3n) is 3.52. The zero-order chi connectivity index (χ0) is 11.7. The van der Waals surface area contributed by atoms with Crippen LogP contribution >= 0.6 is 15.9 Å². The van der Waals surface area contributed by atoms with Crippen LogP contribution in [0.2, 0.25) is 0 Å². The molecule has 0 fully saturated rings. The van der Waals surface area contributed by atoms with Gasteiger partial charge >= 0.3 is 0 Å². The first-order valence-corrected chi connectivity index (χ1v) is 7.08. The fraction of sp³-hybridized carbons (Fsp3) is 0.357. The summed E-state index contributed by atoms with van der Waals surface area (Å²) in [6, 6.07) is 10.7. The molecule has 3 rings (SSSR count). The number of hydrogen-bond donors (Lipinski definition) is 0. The Morgan fingerprint density at radius 3 is 2.88 bits per heavy atom. The van der Waals surface area contributed by atoms with Crippen LogP contribution in [0, 0.1) is 0 Å². The van der Waals surface area contributed by atoms with Crippen LogP contribution in [-0.4, -0.2) is 5.16 Å². The summed E-state index contributed by atoms with van der Waals surface area (Å²) in [6.45, 7) is 0. The van der Waals surface area contributed by atoms with Crippen molar-refractivity contribution in [3.63, 3.8) is 0 Å². The maximum absolute atomic E-state index is 5.38. The number of halogens is 1. The predicted molar refractivity (Wildman–Crippen MR) is 70.3 cm³/mol. The first-order chi connectivity index (χ1) is 8.38. The SMILES string of the molecule is BrCc1noc2c1CC(c1ccccc1)CC2. The summed E-state index contributed by atoms with van der Waals surface area (Å²) in [4.78, 5) is 0. The van der Waals surface area contributed by atoms with Gasteiger partial charge in [-0.3, -0.25) is 0 Å². The Morgan fingerprint density at radius 2 is 2.12 bits per heavy atom. The highest BCUT2D eigenvalue weighted by Crippen LogP contribution is 2.34. The van der Waals surface area contributed by atoms with Gasteiger partial charge in [0.2, 0.25) is 0 Å². The molecule has 2 nitrogen and oxygen atoms in total. The Balaban J connectivity index is 1.89. The summed E-state index contributed by atoms with van der Waals surface area (Å²) in [5, 5.41) is 4.91. The quantitative estimate of drug-likeness (QED) is 0.786. The van der Waals surface area contributed by atoms with Crippen molar-refractivity contribution in [1.82, 2.24) is 5.16 Å². The van der Waals surface area contributed by atoms with E-state index in [1.165, 1.54) is 11.1 Å². The molecule has 1 aromatic heterocycles. The van der Waals surface area contributed by atoms with E-state index in [9.17, 15) is 0 Å². The fourth-order valence-electron chi connectivity index (χ4n) is 2.58. The van der Waals surface area contributed by atoms with E-state index >= 15 is 0 Å². The molecular weight excluding hydrogens is 278 g/mol. The number of hydrogen-bond acceptors (Lipinski definition) is 2. The molecule has 17 heavy (non-hydrogen) atoms. The van der Waals surface area contributed by atoms with Crippen molar-refractivity contribution < 1.29 is 4.52 Å². The van der Waals surface area contributed by atoms with Gasteiger partial charge in [-0.25, -0.2) is 0 Å². The molecule has 1 heterocycles. The van der Waals surface area contributed by atoms with Crippen molar-refractivity contribution in [3.05, 3.63) is 52.9 Å². The van der Waals surface area contributed by atoms with Gasteiger partial charge < -0.3 is 4.52 Å². The van der Waals surface area contributed by atoms with Gasteiger partial charge in [-0.1, -0.05) is 51.4 Å². The Kier molecular flexibility index (Phi) is 3.02. The zero-order valence-electron chi connectivity index (χ0n) is 9.53. The Labute approximate surface area is 109 Å². The van der Waals surface area contributed by atoms with Crippen LogP contribution in [0.1, 0.15) is 34.9 Å². The molecule has 0 N–H and O–H groups in total. The molecule has 1 aliphatic carbocycles. The minimum atomic E-state index is 0.612. The van der Waals surface area contributed by atoms with Crippen LogP contribution in [0.4, 0.5) is 0 Å². The van der Waals surface area contributed by atoms with Crippen LogP contribution in [-0.2, 0) is 18.2 Å². The molecule has 88 valence electrons. The first-order valence-electron chi connectivity index (χ1n) is 5.95. The van der Waals surface area contributed by atoms with Gasteiger partial charge in [0.25, 0.3) is 0 Å². The third kappa shape index (κ3) is 2.04. The zero-order valence-corrected chi connectivity index (χ0v) is 11.1. The summed E-state index contributed by atoms with van der Waals surface area (Å²) in [5.41, 5.74) is 3.82. The van der Waals surface area contributed by atoms with Crippen LogP contribution in [0.25, 0.3) is 0 Å². The summed E-state index contributed by atoms with van der Waals surface area (Å²) in [5.74, 6) is 1.70. The molecular formula is C14H14BrNO. The van der Waals surface area contributed by atoms with Gasteiger partial charge in [-0.05, 0) is 24.3 Å². The monoisotopic (exact) mass is 291 g/mol. The van der Waals surface area contributed by atoms with Crippen molar-refractivity contribution in [3.8, 4) is 0 Å². The lowest BCUT2D eigenvalue weighted by Crippen LogP contribution is -2.12. The Morgan fingerprint density at radius 1 is 1.29 bits per heavy atom. The average Bonchev–Trinajstić information content (AvgIpc) is 2.81. The molecule has 1 aliphatic rings. The summed E-state index contributed by atoms with van der Waals surface area (Å²) in [6.07, 6.45) is 3.23. The Hall–Kier alpha value is -1.09. The topological polar surface area (TPSA) is 26.0 Å². The smallest absolute Gasteiger partial charge is 0.140 e. The van der Waals surface area contributed by atoms with Crippen LogP contribution < -0.4 is 0 Å². The number of nitrogens with zero attached hydrogens (tertiary/aromatic N) is 1. The fourth-order valence-corrected chi connectivity index (χ4v) is 3.02. The van der Waals surface area contributed by atoms with Gasteiger partial charge in [0.15, 0.2) is 0 Å². The highest BCUT2D eigenvalue weighted by atomic mass is 79.9. The molecule has 2 aromatic rings. The van der Waals surface area contributed by atoms with Gasteiger partial charge in [-0.2, -0.15) is 0 Å². The summed E-state index contributed by atoms with van der Waals surface area (Å²) >= 11 is 3.47. The molecule has 1 unspecified atom stereocenters. The van der Waals surface area contributed by atoms with E-state index < -0.39 is 0 Å². The van der Waals surface area contributed by atoms with Crippen LogP contribution in [0.5, 0.6) is 0 Å². The van der Waals surface area contributed by atoms with Crippen molar-refractivity contribution in [1.29, 1.82) is 0 Å². The highest BCUT2D eigenvalue weighted by molar-refractivity contribution is 9.08. The van der Waals surface area contributed by atoms with Gasteiger partial charge in [-0.15, -0.1) is 0 Å². The lowest BCUT2D eigenvalue weighted by atomic mass is 9.82. The second-order valence-electron chi connectivity index (χ2n) is 4.52. The van der Waals surface area contributed by atoms with Crippen LogP contribution in [0.3, 0.4) is 0 Å². The van der Waals surface area contributed by atoms with Crippen molar-refractivity contribution in [2.45, 2.75) is 30.5 Å². The van der Waals surface area contributed by atoms with Gasteiger partial charge in [0.1, 0.15) is 5.76 Å². The normalized spacial score (nSPS) is 19.0. The number of rotatable bonds is 2. The van der Waals surface area contributed by atoms with Crippen molar-refractivity contribution >= 4 is 15.9 Å². The lowest BCUT2D eigenvalue weighted by Gasteiger charge is -2.21. The molecule has 0 spiro atoms. The minimum Gasteiger partial charge on any atom is -0.361 e. The number of alkyl halides is 1. The molecule has 0 aliphatic heterocycles. The maximum atomic E-state index is 5.38. The lowest BCUT2D eigenvalue weighted by molar-refractivity contribution is 0.364. The molecule has 0 amide bonds. The van der Waals surface area contributed by atoms with E-state index in [0.717, 1.165) is 36.0 Å². The number of benzene rings is 1. The number of aromatic nitrogens is 1. The average molecular weight is 292 g/mol. The van der Waals surface area contributed by atoms with E-state index in [4.69, 9.17) is 4.52 Å². The molecule has 0 bridgehead atoms. The minimum absolute atomic E-state index is 0.612. The molecule has 0 saturated heterocycles. The van der Waals surface area contributed by atoms with E-state index in [1.807, 2.05) is 0 Å². The van der Waals surface area contributed by atoms with E-state index in [-0.39, 0.29) is 0 Å². The van der Waals surface area contributed by atoms with E-state index in [2.05, 4.69) is 51.4 Å². The Bertz CT molecular complexity index is 493. The molecule has 1 atom stereocenters. The first kappa shape index (κ1) is 11.0. The van der Waals surface area contributed by atoms with E-state index in [1.54, 1.807) is 0 Å². The van der Waals surface area contributed by atoms with Gasteiger partial charge in [0, 0.05) is 17.3 Å². The largest absolute Gasteiger partial charge is 0.361 e. The highest BCUT2D eigenvalue weighted by Gasteiger charge is 2.25. The third-order valence-corrected chi connectivity index (χ3v) is 4.05. The van der Waals surface area contributed by atoms with Crippen molar-refractivity contribution in [2.75, 3.05) is 0 Å². The molecule has 0 saturated carbocycles. The standard InChI is InChI=1S/C14H14BrNO/c15-9-13-12-8-11(6-7-14(12)17-16-13)10-4-2-1-3-5-10/h1-5,11H,6-9H2. The number of aryl methyl sites for hydroxylation is 1. The molecule has 3 heteroatoms. The molecule has 1 aromatic carbocycles. The maximum Gasteiger partial charge on any atom is 0.140 e.